The van der Waals surface area contributed by atoms with Gasteiger partial charge in [0.2, 0.25) is 0 Å². The molecule has 96 valence electrons. The van der Waals surface area contributed by atoms with E-state index in [0.717, 1.165) is 0 Å². The molecule has 0 spiro atoms. The zero-order valence-corrected chi connectivity index (χ0v) is 13.9. The van der Waals surface area contributed by atoms with E-state index in [9.17, 15) is 0 Å². The van der Waals surface area contributed by atoms with Gasteiger partial charge in [-0.25, -0.2) is 0 Å². The van der Waals surface area contributed by atoms with Gasteiger partial charge in [0.05, 0.1) is 15.6 Å². The van der Waals surface area contributed by atoms with E-state index >= 15 is 0 Å². The van der Waals surface area contributed by atoms with E-state index in [1.165, 1.54) is 0 Å². The maximum absolute atomic E-state index is 8.66. The summed E-state index contributed by atoms with van der Waals surface area (Å²) < 4.78 is 17.3. The standard InChI is InChI=1S/2Ca.2H3O4P.4H2O/c;;2*1-5(2,3)4;;;;/h;;2*(H3,1,2,3,4);4*1H2/q2*+2;;;;;;/p-4. The van der Waals surface area contributed by atoms with Crippen molar-refractivity contribution in [1.29, 1.82) is 0 Å². The SMILES string of the molecule is O.O.O.O.O=P([O-])([O-])O.O=P([O-])([O-])O.[Ca+2].[Ca+2]. The second-order valence-electron chi connectivity index (χ2n) is 0.937. The van der Waals surface area contributed by atoms with Crippen molar-refractivity contribution in [3.8, 4) is 0 Å². The Labute approximate surface area is 149 Å². The molecule has 0 saturated heterocycles. The number of phosphoric acid groups is 2. The minimum Gasteiger partial charge on any atom is -0.790 e. The van der Waals surface area contributed by atoms with Crippen LogP contribution in [0, 0.1) is 0 Å². The molecule has 0 atom stereocenters. The zero-order chi connectivity index (χ0) is 9.00. The number of hydrogen-bond acceptors (Lipinski definition) is 6. The van der Waals surface area contributed by atoms with Crippen LogP contribution in [0.15, 0.2) is 0 Å². The topological polar surface area (TPSA) is 293 Å². The van der Waals surface area contributed by atoms with Gasteiger partial charge in [-0.15, -0.1) is 0 Å². The molecule has 0 aromatic carbocycles. The Bertz CT molecular complexity index is 129. The molecule has 16 heteroatoms. The van der Waals surface area contributed by atoms with Gasteiger partial charge in [-0.2, -0.15) is 0 Å². The summed E-state index contributed by atoms with van der Waals surface area (Å²) in [6, 6.07) is 0. The van der Waals surface area contributed by atoms with Crippen LogP contribution >= 0.6 is 15.6 Å². The summed E-state index contributed by atoms with van der Waals surface area (Å²) in [6.45, 7) is 0. The molecule has 0 amide bonds. The molecule has 0 radical (unpaired) electrons. The minimum absolute atomic E-state index is 0. The molecule has 0 bridgehead atoms. The van der Waals surface area contributed by atoms with Gasteiger partial charge in [0.25, 0.3) is 0 Å². The van der Waals surface area contributed by atoms with Crippen LogP contribution in [0.4, 0.5) is 0 Å². The van der Waals surface area contributed by atoms with E-state index in [1.807, 2.05) is 0 Å². The fraction of sp³-hybridized carbons (Fsp3) is 0. The van der Waals surface area contributed by atoms with Crippen LogP contribution in [0.25, 0.3) is 0 Å². The molecule has 0 fully saturated rings. The van der Waals surface area contributed by atoms with Crippen molar-refractivity contribution in [2.45, 2.75) is 0 Å². The minimum atomic E-state index is -5.14. The molecule has 0 unspecified atom stereocenters. The quantitative estimate of drug-likeness (QED) is 0.313. The van der Waals surface area contributed by atoms with Gasteiger partial charge >= 0.3 is 75.5 Å². The molecular weight excluding hydrogens is 334 g/mol. The van der Waals surface area contributed by atoms with Crippen LogP contribution in [-0.2, 0) is 9.13 Å². The van der Waals surface area contributed by atoms with Gasteiger partial charge in [0.1, 0.15) is 0 Å². The average Bonchev–Trinajstić information content (AvgIpc) is 1.12. The Morgan fingerprint density at radius 2 is 0.625 bits per heavy atom. The van der Waals surface area contributed by atoms with Gasteiger partial charge in [-0.05, 0) is 0 Å². The second-order valence-corrected chi connectivity index (χ2v) is 2.81. The molecule has 0 rings (SSSR count). The Kier molecular flexibility index (Phi) is 72.9. The first-order valence-electron chi connectivity index (χ1n) is 1.50. The second kappa shape index (κ2) is 22.7. The largest absolute Gasteiger partial charge is 2.00 e. The third-order valence-electron chi connectivity index (χ3n) is 0. The van der Waals surface area contributed by atoms with E-state index in [4.69, 9.17) is 38.5 Å². The summed E-state index contributed by atoms with van der Waals surface area (Å²) in [4.78, 5) is 48.6. The molecule has 16 heavy (non-hydrogen) atoms. The first kappa shape index (κ1) is 51.3. The number of hydrogen-bond donors (Lipinski definition) is 2. The summed E-state index contributed by atoms with van der Waals surface area (Å²) >= 11 is 0. The predicted molar refractivity (Wildman–Crippen MR) is 45.6 cm³/mol. The monoisotopic (exact) mass is 344 g/mol. The Morgan fingerprint density at radius 1 is 0.625 bits per heavy atom. The van der Waals surface area contributed by atoms with Crippen molar-refractivity contribution in [3.63, 3.8) is 0 Å². The maximum atomic E-state index is 8.66. The predicted octanol–water partition coefficient (Wildman–Crippen LogP) is -8.45. The van der Waals surface area contributed by atoms with Gasteiger partial charge in [0.15, 0.2) is 0 Å². The Balaban J connectivity index is -0.00000000970. The molecule has 0 aromatic heterocycles. The molecular formula is H10Ca2O12P2. The first-order valence-corrected chi connectivity index (χ1v) is 4.49. The van der Waals surface area contributed by atoms with Crippen LogP contribution in [0.2, 0.25) is 0 Å². The van der Waals surface area contributed by atoms with E-state index in [2.05, 4.69) is 0 Å². The van der Waals surface area contributed by atoms with Crippen LogP contribution in [-0.4, -0.2) is 107 Å². The van der Waals surface area contributed by atoms with E-state index in [1.54, 1.807) is 0 Å². The molecule has 0 saturated carbocycles. The Hall–Kier alpha value is 2.58. The van der Waals surface area contributed by atoms with Gasteiger partial charge in [-0.1, -0.05) is 0 Å². The molecule has 0 heterocycles. The fourth-order valence-corrected chi connectivity index (χ4v) is 0. The summed E-state index contributed by atoms with van der Waals surface area (Å²) in [5, 5.41) is 0. The maximum Gasteiger partial charge on any atom is 2.00 e. The summed E-state index contributed by atoms with van der Waals surface area (Å²) in [5.41, 5.74) is 0. The van der Waals surface area contributed by atoms with E-state index < -0.39 is 15.6 Å². The van der Waals surface area contributed by atoms with Crippen molar-refractivity contribution in [3.05, 3.63) is 0 Å². The average molecular weight is 344 g/mol. The first-order chi connectivity index (χ1) is 4.00. The van der Waals surface area contributed by atoms with Crippen LogP contribution in [0.3, 0.4) is 0 Å². The third kappa shape index (κ3) is 605. The molecule has 0 aromatic rings. The fourth-order valence-electron chi connectivity index (χ4n) is 0. The van der Waals surface area contributed by atoms with Gasteiger partial charge in [0, 0.05) is 0 Å². The third-order valence-corrected chi connectivity index (χ3v) is 0. The van der Waals surface area contributed by atoms with E-state index in [0.29, 0.717) is 0 Å². The van der Waals surface area contributed by atoms with Crippen molar-refractivity contribution >= 4 is 91.1 Å². The summed E-state index contributed by atoms with van der Waals surface area (Å²) in [5.74, 6) is 0. The molecule has 0 aliphatic carbocycles. The summed E-state index contributed by atoms with van der Waals surface area (Å²) in [6.07, 6.45) is 0. The van der Waals surface area contributed by atoms with E-state index in [-0.39, 0.29) is 97.4 Å². The van der Waals surface area contributed by atoms with Crippen LogP contribution in [0.5, 0.6) is 0 Å². The van der Waals surface area contributed by atoms with Crippen LogP contribution in [0.1, 0.15) is 0 Å². The molecule has 10 N–H and O–H groups in total. The molecule has 0 aliphatic heterocycles. The van der Waals surface area contributed by atoms with Crippen molar-refractivity contribution in [1.82, 2.24) is 0 Å². The molecule has 12 nitrogen and oxygen atoms in total. The number of rotatable bonds is 0. The van der Waals surface area contributed by atoms with Crippen molar-refractivity contribution in [2.75, 3.05) is 0 Å². The molecule has 0 aliphatic rings. The van der Waals surface area contributed by atoms with Gasteiger partial charge < -0.3 is 60.4 Å². The smallest absolute Gasteiger partial charge is 0.790 e. The Morgan fingerprint density at radius 3 is 0.625 bits per heavy atom. The van der Waals surface area contributed by atoms with Gasteiger partial charge in [-0.3, -0.25) is 0 Å². The van der Waals surface area contributed by atoms with Crippen molar-refractivity contribution < 1.29 is 60.4 Å². The summed E-state index contributed by atoms with van der Waals surface area (Å²) in [7, 11) is -10.3. The van der Waals surface area contributed by atoms with Crippen molar-refractivity contribution in [2.24, 2.45) is 0 Å². The van der Waals surface area contributed by atoms with Crippen LogP contribution < -0.4 is 19.6 Å². The zero-order valence-electron chi connectivity index (χ0n) is 7.65. The normalized spacial score (nSPS) is 7.38.